The maximum absolute atomic E-state index is 13.2. The summed E-state index contributed by atoms with van der Waals surface area (Å²) in [5, 5.41) is 2.72. The minimum absolute atomic E-state index is 0.329. The van der Waals surface area contributed by atoms with E-state index in [1.54, 1.807) is 38.3 Å². The van der Waals surface area contributed by atoms with Crippen LogP contribution >= 0.6 is 0 Å². The summed E-state index contributed by atoms with van der Waals surface area (Å²) in [6, 6.07) is 25.3. The number of ether oxygens (including phenoxy) is 1. The van der Waals surface area contributed by atoms with Crippen LogP contribution in [0.25, 0.3) is 0 Å². The second-order valence-corrected chi connectivity index (χ2v) is 8.63. The van der Waals surface area contributed by atoms with E-state index in [9.17, 15) is 8.42 Å². The van der Waals surface area contributed by atoms with Crippen LogP contribution in [0.3, 0.4) is 0 Å². The van der Waals surface area contributed by atoms with E-state index < -0.39 is 21.1 Å². The third kappa shape index (κ3) is 4.31. The molecule has 0 radical (unpaired) electrons. The van der Waals surface area contributed by atoms with Gasteiger partial charge in [0.05, 0.1) is 23.3 Å². The second kappa shape index (κ2) is 8.27. The van der Waals surface area contributed by atoms with Crippen molar-refractivity contribution in [3.8, 4) is 5.75 Å². The largest absolute Gasteiger partial charge is 0.497 e. The molecule has 0 aliphatic carbocycles. The molecule has 0 saturated carbocycles. The van der Waals surface area contributed by atoms with Crippen molar-refractivity contribution in [2.24, 2.45) is 0 Å². The van der Waals surface area contributed by atoms with Gasteiger partial charge in [-0.15, -0.1) is 0 Å². The standard InChI is InChI=1S/C22H23NO3S/c1-17(27(24,25)21-11-7-4-8-12-21)22(18-9-5-3-6-10-18)23-19-13-15-20(26-2)16-14-19/h3-17,22-23H,1-2H3/t17-,22-/m1/s1. The van der Waals surface area contributed by atoms with Gasteiger partial charge in [-0.2, -0.15) is 0 Å². The molecule has 0 spiro atoms. The van der Waals surface area contributed by atoms with Crippen LogP contribution in [0.1, 0.15) is 18.5 Å². The molecule has 0 heterocycles. The predicted octanol–water partition coefficient (Wildman–Crippen LogP) is 4.71. The first kappa shape index (κ1) is 19.0. The number of rotatable bonds is 7. The average molecular weight is 381 g/mol. The SMILES string of the molecule is COc1ccc(N[C@@H](c2ccccc2)[C@@H](C)S(=O)(=O)c2ccccc2)cc1. The van der Waals surface area contributed by atoms with Gasteiger partial charge in [-0.3, -0.25) is 0 Å². The normalized spacial score (nSPS) is 13.6. The van der Waals surface area contributed by atoms with Gasteiger partial charge < -0.3 is 10.1 Å². The number of sulfone groups is 1. The molecule has 140 valence electrons. The molecule has 3 aromatic rings. The Morgan fingerprint density at radius 2 is 1.37 bits per heavy atom. The number of methoxy groups -OCH3 is 1. The lowest BCUT2D eigenvalue weighted by Gasteiger charge is -2.27. The van der Waals surface area contributed by atoms with Gasteiger partial charge in [0.15, 0.2) is 9.84 Å². The van der Waals surface area contributed by atoms with E-state index in [1.165, 1.54) is 0 Å². The fraction of sp³-hybridized carbons (Fsp3) is 0.182. The van der Waals surface area contributed by atoms with Crippen LogP contribution in [0.2, 0.25) is 0 Å². The zero-order valence-electron chi connectivity index (χ0n) is 15.4. The maximum atomic E-state index is 13.2. The van der Waals surface area contributed by atoms with Crippen molar-refractivity contribution in [3.63, 3.8) is 0 Å². The zero-order valence-corrected chi connectivity index (χ0v) is 16.2. The third-order valence-electron chi connectivity index (χ3n) is 4.60. The number of benzene rings is 3. The molecule has 0 amide bonds. The van der Waals surface area contributed by atoms with Crippen LogP contribution in [0.15, 0.2) is 89.8 Å². The van der Waals surface area contributed by atoms with E-state index in [2.05, 4.69) is 5.32 Å². The summed E-state index contributed by atoms with van der Waals surface area (Å²) in [6.07, 6.45) is 0. The maximum Gasteiger partial charge on any atom is 0.183 e. The Labute approximate surface area is 160 Å². The molecule has 0 bridgehead atoms. The highest BCUT2D eigenvalue weighted by atomic mass is 32.2. The highest BCUT2D eigenvalue weighted by Crippen LogP contribution is 2.30. The van der Waals surface area contributed by atoms with Gasteiger partial charge >= 0.3 is 0 Å². The van der Waals surface area contributed by atoms with E-state index >= 15 is 0 Å². The van der Waals surface area contributed by atoms with Crippen molar-refractivity contribution in [3.05, 3.63) is 90.5 Å². The van der Waals surface area contributed by atoms with Crippen LogP contribution < -0.4 is 10.1 Å². The smallest absolute Gasteiger partial charge is 0.183 e. The van der Waals surface area contributed by atoms with E-state index in [0.717, 1.165) is 17.0 Å². The zero-order chi connectivity index (χ0) is 19.3. The van der Waals surface area contributed by atoms with E-state index in [-0.39, 0.29) is 0 Å². The Bertz CT molecular complexity index is 955. The van der Waals surface area contributed by atoms with Crippen molar-refractivity contribution in [1.82, 2.24) is 0 Å². The molecular formula is C22H23NO3S. The van der Waals surface area contributed by atoms with Crippen molar-refractivity contribution in [2.45, 2.75) is 23.1 Å². The molecule has 0 aliphatic rings. The first-order valence-electron chi connectivity index (χ1n) is 8.77. The van der Waals surface area contributed by atoms with Gasteiger partial charge in [0.25, 0.3) is 0 Å². The van der Waals surface area contributed by atoms with Crippen LogP contribution in [0.5, 0.6) is 5.75 Å². The Kier molecular flexibility index (Phi) is 5.81. The molecule has 3 aromatic carbocycles. The van der Waals surface area contributed by atoms with Crippen molar-refractivity contribution >= 4 is 15.5 Å². The van der Waals surface area contributed by atoms with Crippen molar-refractivity contribution in [1.29, 1.82) is 0 Å². The monoisotopic (exact) mass is 381 g/mol. The minimum atomic E-state index is -3.51. The molecule has 0 saturated heterocycles. The quantitative estimate of drug-likeness (QED) is 0.644. The molecule has 0 fully saturated rings. The van der Waals surface area contributed by atoms with Crippen LogP contribution in [0, 0.1) is 0 Å². The highest BCUT2D eigenvalue weighted by molar-refractivity contribution is 7.92. The first-order chi connectivity index (χ1) is 13.0. The van der Waals surface area contributed by atoms with E-state index in [0.29, 0.717) is 4.90 Å². The molecular weight excluding hydrogens is 358 g/mol. The Morgan fingerprint density at radius 3 is 1.93 bits per heavy atom. The molecule has 1 N–H and O–H groups in total. The second-order valence-electron chi connectivity index (χ2n) is 6.32. The van der Waals surface area contributed by atoms with E-state index in [1.807, 2.05) is 60.7 Å². The van der Waals surface area contributed by atoms with Crippen LogP contribution in [0.4, 0.5) is 5.69 Å². The van der Waals surface area contributed by atoms with Gasteiger partial charge in [-0.05, 0) is 48.9 Å². The average Bonchev–Trinajstić information content (AvgIpc) is 2.73. The van der Waals surface area contributed by atoms with Crippen molar-refractivity contribution < 1.29 is 13.2 Å². The summed E-state index contributed by atoms with van der Waals surface area (Å²) in [5.74, 6) is 0.752. The number of anilines is 1. The molecule has 27 heavy (non-hydrogen) atoms. The van der Waals surface area contributed by atoms with Gasteiger partial charge in [0, 0.05) is 5.69 Å². The van der Waals surface area contributed by atoms with Crippen molar-refractivity contribution in [2.75, 3.05) is 12.4 Å². The summed E-state index contributed by atoms with van der Waals surface area (Å²) in [5.41, 5.74) is 1.75. The topological polar surface area (TPSA) is 55.4 Å². The summed E-state index contributed by atoms with van der Waals surface area (Å²) in [7, 11) is -1.89. The molecule has 3 rings (SSSR count). The number of hydrogen-bond acceptors (Lipinski definition) is 4. The van der Waals surface area contributed by atoms with Gasteiger partial charge in [-0.25, -0.2) is 8.42 Å². The summed E-state index contributed by atoms with van der Waals surface area (Å²) >= 11 is 0. The molecule has 0 unspecified atom stereocenters. The lowest BCUT2D eigenvalue weighted by molar-refractivity contribution is 0.415. The minimum Gasteiger partial charge on any atom is -0.497 e. The molecule has 0 aromatic heterocycles. The lowest BCUT2D eigenvalue weighted by atomic mass is 10.0. The van der Waals surface area contributed by atoms with Gasteiger partial charge in [-0.1, -0.05) is 48.5 Å². The van der Waals surface area contributed by atoms with E-state index in [4.69, 9.17) is 4.74 Å². The molecule has 0 aliphatic heterocycles. The molecule has 2 atom stereocenters. The lowest BCUT2D eigenvalue weighted by Crippen LogP contribution is -2.30. The molecule has 4 nitrogen and oxygen atoms in total. The first-order valence-corrected chi connectivity index (χ1v) is 10.3. The third-order valence-corrected chi connectivity index (χ3v) is 6.78. The van der Waals surface area contributed by atoms with Gasteiger partial charge in [0.2, 0.25) is 0 Å². The number of hydrogen-bond donors (Lipinski definition) is 1. The summed E-state index contributed by atoms with van der Waals surface area (Å²) < 4.78 is 31.5. The fourth-order valence-corrected chi connectivity index (χ4v) is 4.55. The Hall–Kier alpha value is -2.79. The summed E-state index contributed by atoms with van der Waals surface area (Å²) in [4.78, 5) is 0.329. The molecule has 5 heteroatoms. The Morgan fingerprint density at radius 1 is 0.815 bits per heavy atom. The van der Waals surface area contributed by atoms with Gasteiger partial charge in [0.1, 0.15) is 5.75 Å². The van der Waals surface area contributed by atoms with Crippen LogP contribution in [-0.2, 0) is 9.84 Å². The predicted molar refractivity (Wildman–Crippen MR) is 109 cm³/mol. The fourth-order valence-electron chi connectivity index (χ4n) is 3.00. The highest BCUT2D eigenvalue weighted by Gasteiger charge is 2.32. The number of nitrogens with one attached hydrogen (secondary N) is 1. The summed E-state index contributed by atoms with van der Waals surface area (Å²) in [6.45, 7) is 1.75. The van der Waals surface area contributed by atoms with Crippen LogP contribution in [-0.4, -0.2) is 20.8 Å². The Balaban J connectivity index is 1.96.